The number of carbonyl (C=O) groups is 1. The van der Waals surface area contributed by atoms with Crippen LogP contribution in [0.1, 0.15) is 75.9 Å². The lowest BCUT2D eigenvalue weighted by Gasteiger charge is -2.23. The molecule has 0 aromatic heterocycles. The molecule has 4 nitrogen and oxygen atoms in total. The summed E-state index contributed by atoms with van der Waals surface area (Å²) in [5.41, 5.74) is 4.33. The summed E-state index contributed by atoms with van der Waals surface area (Å²) in [5, 5.41) is 19.9. The second kappa shape index (κ2) is 8.95. The van der Waals surface area contributed by atoms with Crippen molar-refractivity contribution in [3.63, 3.8) is 0 Å². The van der Waals surface area contributed by atoms with Gasteiger partial charge in [-0.3, -0.25) is 4.79 Å². The van der Waals surface area contributed by atoms with Gasteiger partial charge in [0.1, 0.15) is 24.2 Å². The number of rotatable bonds is 8. The Balaban J connectivity index is 2.29. The Labute approximate surface area is 168 Å². The van der Waals surface area contributed by atoms with Gasteiger partial charge in [0.05, 0.1) is 5.56 Å². The monoisotopic (exact) mass is 386 g/mol. The predicted octanol–water partition coefficient (Wildman–Crippen LogP) is 5.15. The molecule has 0 fully saturated rings. The number of aromatic hydroxyl groups is 1. The molecule has 1 aliphatic rings. The zero-order chi connectivity index (χ0) is 21.1. The van der Waals surface area contributed by atoms with Crippen molar-refractivity contribution in [3.8, 4) is 11.5 Å². The Morgan fingerprint density at radius 3 is 2.50 bits per heavy atom. The van der Waals surface area contributed by atoms with Crippen LogP contribution < -0.4 is 4.74 Å². The fraction of sp³-hybridized carbons (Fsp3) is 0.542. The standard InChI is InChI=1S/C24H34O4/c1-15(2)7-8-17-11-19(21(26)14-25)22(27)20-12-18(28-23(17)20)9-10-24(5,6)13-16(3)4/h7,11,13,18,25,27H,8-10,12,14H2,1-6H3/t18-/m1/s1. The molecule has 154 valence electrons. The zero-order valence-electron chi connectivity index (χ0n) is 18.1. The summed E-state index contributed by atoms with van der Waals surface area (Å²) in [4.78, 5) is 12.1. The van der Waals surface area contributed by atoms with E-state index in [1.165, 1.54) is 11.1 Å². The van der Waals surface area contributed by atoms with Gasteiger partial charge in [-0.05, 0) is 64.0 Å². The van der Waals surface area contributed by atoms with Gasteiger partial charge < -0.3 is 14.9 Å². The quantitative estimate of drug-likeness (QED) is 0.479. The highest BCUT2D eigenvalue weighted by molar-refractivity contribution is 6.00. The Kier molecular flexibility index (Phi) is 7.11. The highest BCUT2D eigenvalue weighted by Crippen LogP contribution is 2.43. The first kappa shape index (κ1) is 22.2. The van der Waals surface area contributed by atoms with E-state index in [0.29, 0.717) is 24.2 Å². The average molecular weight is 387 g/mol. The molecular formula is C24H34O4. The van der Waals surface area contributed by atoms with Crippen LogP contribution in [0.4, 0.5) is 0 Å². The van der Waals surface area contributed by atoms with Gasteiger partial charge in [-0.25, -0.2) is 0 Å². The van der Waals surface area contributed by atoms with Crippen LogP contribution in [-0.2, 0) is 12.8 Å². The van der Waals surface area contributed by atoms with Crippen molar-refractivity contribution in [2.75, 3.05) is 6.61 Å². The topological polar surface area (TPSA) is 66.8 Å². The molecule has 1 aliphatic heterocycles. The van der Waals surface area contributed by atoms with E-state index >= 15 is 0 Å². The minimum absolute atomic E-state index is 0.0179. The number of ketones is 1. The third-order valence-electron chi connectivity index (χ3n) is 5.11. The first-order valence-electron chi connectivity index (χ1n) is 10.0. The summed E-state index contributed by atoms with van der Waals surface area (Å²) in [6.07, 6.45) is 7.40. The van der Waals surface area contributed by atoms with E-state index in [1.807, 2.05) is 13.8 Å². The molecule has 0 saturated heterocycles. The van der Waals surface area contributed by atoms with Crippen LogP contribution in [0.25, 0.3) is 0 Å². The number of phenols is 1. The largest absolute Gasteiger partial charge is 0.507 e. The van der Waals surface area contributed by atoms with Crippen LogP contribution in [0.2, 0.25) is 0 Å². The number of allylic oxidation sites excluding steroid dienone is 4. The number of phenolic OH excluding ortho intramolecular Hbond substituents is 1. The number of Topliss-reactive ketones (excluding diaryl/α,β-unsaturated/α-hetero) is 1. The van der Waals surface area contributed by atoms with Crippen molar-refractivity contribution in [2.45, 2.75) is 73.3 Å². The van der Waals surface area contributed by atoms with Crippen LogP contribution in [0.5, 0.6) is 11.5 Å². The molecule has 0 spiro atoms. The first-order valence-corrected chi connectivity index (χ1v) is 10.0. The third-order valence-corrected chi connectivity index (χ3v) is 5.11. The molecule has 1 aromatic rings. The van der Waals surface area contributed by atoms with E-state index in [-0.39, 0.29) is 22.8 Å². The predicted molar refractivity (Wildman–Crippen MR) is 113 cm³/mol. The summed E-state index contributed by atoms with van der Waals surface area (Å²) >= 11 is 0. The molecule has 1 aromatic carbocycles. The summed E-state index contributed by atoms with van der Waals surface area (Å²) in [6, 6.07) is 1.67. The molecule has 0 amide bonds. The lowest BCUT2D eigenvalue weighted by molar-refractivity contribution is 0.0900. The van der Waals surface area contributed by atoms with E-state index in [0.717, 1.165) is 18.4 Å². The maximum atomic E-state index is 12.1. The SMILES string of the molecule is CC(C)=CCc1cc(C(=O)CO)c(O)c2c1O[C@H](CCC(C)(C)C=C(C)C)C2. The minimum atomic E-state index is -0.615. The van der Waals surface area contributed by atoms with E-state index < -0.39 is 12.4 Å². The molecule has 0 bridgehead atoms. The lowest BCUT2D eigenvalue weighted by atomic mass is 9.84. The van der Waals surface area contributed by atoms with Gasteiger partial charge in [-0.2, -0.15) is 0 Å². The molecule has 28 heavy (non-hydrogen) atoms. The van der Waals surface area contributed by atoms with Crippen molar-refractivity contribution in [2.24, 2.45) is 5.41 Å². The van der Waals surface area contributed by atoms with Crippen LogP contribution in [0, 0.1) is 5.41 Å². The summed E-state index contributed by atoms with van der Waals surface area (Å²) < 4.78 is 6.24. The Morgan fingerprint density at radius 2 is 1.93 bits per heavy atom. The van der Waals surface area contributed by atoms with Gasteiger partial charge in [0.2, 0.25) is 0 Å². The number of hydrogen-bond donors (Lipinski definition) is 2. The maximum Gasteiger partial charge on any atom is 0.191 e. The summed E-state index contributed by atoms with van der Waals surface area (Å²) in [5.74, 6) is 0.197. The fourth-order valence-corrected chi connectivity index (χ4v) is 3.86. The van der Waals surface area contributed by atoms with Crippen molar-refractivity contribution < 1.29 is 19.7 Å². The van der Waals surface area contributed by atoms with Crippen molar-refractivity contribution in [1.29, 1.82) is 0 Å². The molecule has 4 heteroatoms. The van der Waals surface area contributed by atoms with E-state index in [1.54, 1.807) is 6.07 Å². The van der Waals surface area contributed by atoms with Gasteiger partial charge in [0, 0.05) is 12.0 Å². The van der Waals surface area contributed by atoms with E-state index in [9.17, 15) is 15.0 Å². The second-order valence-corrected chi connectivity index (χ2v) is 9.00. The van der Waals surface area contributed by atoms with Crippen molar-refractivity contribution in [3.05, 3.63) is 46.1 Å². The molecule has 1 atom stereocenters. The number of carbonyl (C=O) groups excluding carboxylic acids is 1. The Bertz CT molecular complexity index is 791. The minimum Gasteiger partial charge on any atom is -0.507 e. The van der Waals surface area contributed by atoms with Crippen molar-refractivity contribution >= 4 is 5.78 Å². The van der Waals surface area contributed by atoms with Crippen molar-refractivity contribution in [1.82, 2.24) is 0 Å². The fourth-order valence-electron chi connectivity index (χ4n) is 3.86. The number of fused-ring (bicyclic) bond motifs is 1. The molecule has 0 saturated carbocycles. The van der Waals surface area contributed by atoms with Gasteiger partial charge in [0.15, 0.2) is 5.78 Å². The number of hydrogen-bond acceptors (Lipinski definition) is 4. The molecular weight excluding hydrogens is 352 g/mol. The van der Waals surface area contributed by atoms with E-state index in [2.05, 4.69) is 39.8 Å². The maximum absolute atomic E-state index is 12.1. The van der Waals surface area contributed by atoms with Gasteiger partial charge in [-0.1, -0.05) is 37.1 Å². The number of ether oxygens (including phenoxy) is 1. The Hall–Kier alpha value is -2.07. The average Bonchev–Trinajstić information content (AvgIpc) is 3.03. The summed E-state index contributed by atoms with van der Waals surface area (Å²) in [7, 11) is 0. The van der Waals surface area contributed by atoms with E-state index in [4.69, 9.17) is 4.74 Å². The van der Waals surface area contributed by atoms with Crippen LogP contribution in [-0.4, -0.2) is 28.7 Å². The Morgan fingerprint density at radius 1 is 1.25 bits per heavy atom. The number of benzene rings is 1. The zero-order valence-corrected chi connectivity index (χ0v) is 18.1. The highest BCUT2D eigenvalue weighted by Gasteiger charge is 2.32. The number of aliphatic hydroxyl groups is 1. The van der Waals surface area contributed by atoms with Crippen LogP contribution in [0.3, 0.4) is 0 Å². The lowest BCUT2D eigenvalue weighted by Crippen LogP contribution is -2.18. The molecule has 1 heterocycles. The third kappa shape index (κ3) is 5.48. The molecule has 2 N–H and O–H groups in total. The molecule has 0 aliphatic carbocycles. The first-order chi connectivity index (χ1) is 13.0. The van der Waals surface area contributed by atoms with Gasteiger partial charge >= 0.3 is 0 Å². The number of aliphatic hydroxyl groups excluding tert-OH is 1. The summed E-state index contributed by atoms with van der Waals surface area (Å²) in [6.45, 7) is 12.1. The van der Waals surface area contributed by atoms with Crippen LogP contribution >= 0.6 is 0 Å². The molecule has 0 unspecified atom stereocenters. The van der Waals surface area contributed by atoms with Gasteiger partial charge in [0.25, 0.3) is 0 Å². The smallest absolute Gasteiger partial charge is 0.191 e. The normalized spacial score (nSPS) is 15.6. The van der Waals surface area contributed by atoms with Crippen LogP contribution in [0.15, 0.2) is 29.4 Å². The molecule has 2 rings (SSSR count). The van der Waals surface area contributed by atoms with Gasteiger partial charge in [-0.15, -0.1) is 0 Å². The highest BCUT2D eigenvalue weighted by atomic mass is 16.5. The molecule has 0 radical (unpaired) electrons. The second-order valence-electron chi connectivity index (χ2n) is 9.00.